The van der Waals surface area contributed by atoms with E-state index in [4.69, 9.17) is 4.74 Å². The molecule has 0 fully saturated rings. The minimum Gasteiger partial charge on any atom is -0.508 e. The molecular weight excluding hydrogens is 208 g/mol. The lowest BCUT2D eigenvalue weighted by Gasteiger charge is -2.14. The third-order valence-corrected chi connectivity index (χ3v) is 2.45. The highest BCUT2D eigenvalue weighted by molar-refractivity contribution is 5.70. The molecule has 0 radical (unpaired) electrons. The maximum absolute atomic E-state index is 11.1. The van der Waals surface area contributed by atoms with Gasteiger partial charge in [-0.3, -0.25) is 4.79 Å². The first-order valence-electron chi connectivity index (χ1n) is 5.02. The van der Waals surface area contributed by atoms with Crippen molar-refractivity contribution in [2.75, 3.05) is 14.2 Å². The Kier molecular flexibility index (Phi) is 4.17. The van der Waals surface area contributed by atoms with Crippen LogP contribution in [0.25, 0.3) is 0 Å². The average molecular weight is 224 g/mol. The molecule has 4 heteroatoms. The van der Waals surface area contributed by atoms with Crippen molar-refractivity contribution in [2.24, 2.45) is 0 Å². The second-order valence-corrected chi connectivity index (χ2v) is 3.61. The Morgan fingerprint density at radius 1 is 1.44 bits per heavy atom. The molecule has 16 heavy (non-hydrogen) atoms. The first kappa shape index (κ1) is 12.4. The maximum Gasteiger partial charge on any atom is 0.306 e. The van der Waals surface area contributed by atoms with Crippen molar-refractivity contribution in [1.82, 2.24) is 0 Å². The zero-order valence-electron chi connectivity index (χ0n) is 9.69. The van der Waals surface area contributed by atoms with Gasteiger partial charge in [-0.2, -0.15) is 0 Å². The highest BCUT2D eigenvalue weighted by Crippen LogP contribution is 2.31. The van der Waals surface area contributed by atoms with Crippen molar-refractivity contribution >= 4 is 5.97 Å². The molecule has 1 N–H and O–H groups in total. The summed E-state index contributed by atoms with van der Waals surface area (Å²) in [6, 6.07) is 4.86. The number of carbonyl (C=O) groups excluding carboxylic acids is 1. The normalized spacial score (nSPS) is 11.9. The molecule has 0 aromatic heterocycles. The highest BCUT2D eigenvalue weighted by atomic mass is 16.5. The fourth-order valence-electron chi connectivity index (χ4n) is 1.55. The molecule has 0 heterocycles. The van der Waals surface area contributed by atoms with Gasteiger partial charge in [0, 0.05) is 6.07 Å². The van der Waals surface area contributed by atoms with E-state index in [1.165, 1.54) is 20.3 Å². The summed E-state index contributed by atoms with van der Waals surface area (Å²) in [7, 11) is 2.90. The van der Waals surface area contributed by atoms with Crippen molar-refractivity contribution in [3.8, 4) is 11.5 Å². The van der Waals surface area contributed by atoms with Gasteiger partial charge in [-0.15, -0.1) is 0 Å². The van der Waals surface area contributed by atoms with Crippen LogP contribution in [0.2, 0.25) is 0 Å². The van der Waals surface area contributed by atoms with E-state index in [0.717, 1.165) is 5.56 Å². The van der Waals surface area contributed by atoms with Crippen LogP contribution in [-0.2, 0) is 9.53 Å². The molecule has 1 atom stereocenters. The van der Waals surface area contributed by atoms with E-state index in [9.17, 15) is 9.90 Å². The van der Waals surface area contributed by atoms with E-state index in [1.807, 2.05) is 6.92 Å². The number of carbonyl (C=O) groups is 1. The molecule has 0 saturated heterocycles. The second-order valence-electron chi connectivity index (χ2n) is 3.61. The molecule has 1 aromatic rings. The van der Waals surface area contributed by atoms with Gasteiger partial charge in [0.15, 0.2) is 0 Å². The molecule has 0 aliphatic heterocycles. The fourth-order valence-corrected chi connectivity index (χ4v) is 1.55. The summed E-state index contributed by atoms with van der Waals surface area (Å²) in [5, 5.41) is 9.31. The topological polar surface area (TPSA) is 55.8 Å². The number of methoxy groups -OCH3 is 2. The molecule has 0 saturated carbocycles. The monoisotopic (exact) mass is 224 g/mol. The maximum atomic E-state index is 11.1. The number of hydrogen-bond acceptors (Lipinski definition) is 4. The first-order chi connectivity index (χ1) is 7.58. The van der Waals surface area contributed by atoms with Crippen LogP contribution in [0.5, 0.6) is 11.5 Å². The van der Waals surface area contributed by atoms with Gasteiger partial charge < -0.3 is 14.6 Å². The van der Waals surface area contributed by atoms with Crippen LogP contribution in [0.15, 0.2) is 18.2 Å². The summed E-state index contributed by atoms with van der Waals surface area (Å²) in [5.74, 6) is 0.452. The average Bonchev–Trinajstić information content (AvgIpc) is 2.28. The van der Waals surface area contributed by atoms with E-state index in [-0.39, 0.29) is 24.1 Å². The molecule has 4 nitrogen and oxygen atoms in total. The quantitative estimate of drug-likeness (QED) is 0.795. The van der Waals surface area contributed by atoms with Gasteiger partial charge in [0.2, 0.25) is 0 Å². The lowest BCUT2D eigenvalue weighted by atomic mass is 9.97. The predicted octanol–water partition coefficient (Wildman–Crippen LogP) is 2.07. The number of rotatable bonds is 4. The number of ether oxygens (including phenoxy) is 2. The molecular formula is C12H16O4. The SMILES string of the molecule is COC(=O)CC(C)c1ccc(O)cc1OC. The summed E-state index contributed by atoms with van der Waals surface area (Å²) in [6.07, 6.45) is 0.289. The standard InChI is InChI=1S/C12H16O4/c1-8(6-12(14)16-3)10-5-4-9(13)7-11(10)15-2/h4-5,7-8,13H,6H2,1-3H3. The second kappa shape index (κ2) is 5.39. The number of aromatic hydroxyl groups is 1. The van der Waals surface area contributed by atoms with Crippen molar-refractivity contribution in [3.63, 3.8) is 0 Å². The number of esters is 1. The largest absolute Gasteiger partial charge is 0.508 e. The predicted molar refractivity (Wildman–Crippen MR) is 59.7 cm³/mol. The van der Waals surface area contributed by atoms with Crippen molar-refractivity contribution < 1.29 is 19.4 Å². The Morgan fingerprint density at radius 3 is 2.69 bits per heavy atom. The van der Waals surface area contributed by atoms with Crippen molar-refractivity contribution in [1.29, 1.82) is 0 Å². The van der Waals surface area contributed by atoms with E-state index in [2.05, 4.69) is 4.74 Å². The van der Waals surface area contributed by atoms with Crippen molar-refractivity contribution in [2.45, 2.75) is 19.3 Å². The molecule has 1 rings (SSSR count). The minimum absolute atomic E-state index is 0.0111. The molecule has 0 spiro atoms. The van der Waals surface area contributed by atoms with Gasteiger partial charge in [0.05, 0.1) is 20.6 Å². The number of phenols is 1. The third-order valence-electron chi connectivity index (χ3n) is 2.45. The summed E-state index contributed by atoms with van der Waals surface area (Å²) in [5.41, 5.74) is 0.880. The Balaban J connectivity index is 2.90. The van der Waals surface area contributed by atoms with Crippen LogP contribution in [-0.4, -0.2) is 25.3 Å². The van der Waals surface area contributed by atoms with Crippen LogP contribution in [0.1, 0.15) is 24.8 Å². The zero-order valence-corrected chi connectivity index (χ0v) is 9.69. The van der Waals surface area contributed by atoms with Crippen LogP contribution >= 0.6 is 0 Å². The van der Waals surface area contributed by atoms with Gasteiger partial charge >= 0.3 is 5.97 Å². The van der Waals surface area contributed by atoms with E-state index in [0.29, 0.717) is 5.75 Å². The smallest absolute Gasteiger partial charge is 0.306 e. The third kappa shape index (κ3) is 2.89. The molecule has 0 aliphatic rings. The molecule has 0 aliphatic carbocycles. The van der Waals surface area contributed by atoms with E-state index < -0.39 is 0 Å². The molecule has 0 bridgehead atoms. The van der Waals surface area contributed by atoms with Gasteiger partial charge in [0.1, 0.15) is 11.5 Å². The fraction of sp³-hybridized carbons (Fsp3) is 0.417. The number of hydrogen-bond donors (Lipinski definition) is 1. The summed E-state index contributed by atoms with van der Waals surface area (Å²) >= 11 is 0. The Morgan fingerprint density at radius 2 is 2.12 bits per heavy atom. The number of benzene rings is 1. The first-order valence-corrected chi connectivity index (χ1v) is 5.02. The van der Waals surface area contributed by atoms with Crippen LogP contribution in [0.3, 0.4) is 0 Å². The minimum atomic E-state index is -0.261. The summed E-state index contributed by atoms with van der Waals surface area (Å²) in [6.45, 7) is 1.91. The Bertz CT molecular complexity index is 373. The lowest BCUT2D eigenvalue weighted by Crippen LogP contribution is -2.07. The van der Waals surface area contributed by atoms with Gasteiger partial charge in [-0.25, -0.2) is 0 Å². The van der Waals surface area contributed by atoms with Gasteiger partial charge in [0.25, 0.3) is 0 Å². The Hall–Kier alpha value is -1.71. The summed E-state index contributed by atoms with van der Waals surface area (Å²) < 4.78 is 9.76. The Labute approximate surface area is 94.8 Å². The van der Waals surface area contributed by atoms with Crippen LogP contribution in [0, 0.1) is 0 Å². The highest BCUT2D eigenvalue weighted by Gasteiger charge is 2.15. The van der Waals surface area contributed by atoms with Crippen LogP contribution in [0.4, 0.5) is 0 Å². The molecule has 0 amide bonds. The van der Waals surface area contributed by atoms with Gasteiger partial charge in [-0.1, -0.05) is 13.0 Å². The molecule has 1 aromatic carbocycles. The van der Waals surface area contributed by atoms with E-state index in [1.54, 1.807) is 12.1 Å². The zero-order chi connectivity index (χ0) is 12.1. The lowest BCUT2D eigenvalue weighted by molar-refractivity contribution is -0.140. The van der Waals surface area contributed by atoms with Gasteiger partial charge in [-0.05, 0) is 17.5 Å². The van der Waals surface area contributed by atoms with Crippen molar-refractivity contribution in [3.05, 3.63) is 23.8 Å². The van der Waals surface area contributed by atoms with E-state index >= 15 is 0 Å². The molecule has 88 valence electrons. The molecule has 1 unspecified atom stereocenters. The van der Waals surface area contributed by atoms with Crippen LogP contribution < -0.4 is 4.74 Å². The number of phenolic OH excluding ortho intramolecular Hbond substituents is 1. The summed E-state index contributed by atoms with van der Waals surface area (Å²) in [4.78, 5) is 11.1.